The molecule has 3 aromatic rings. The van der Waals surface area contributed by atoms with Gasteiger partial charge in [0.1, 0.15) is 11.5 Å². The summed E-state index contributed by atoms with van der Waals surface area (Å²) >= 11 is 24.6. The number of benzene rings is 3. The Labute approximate surface area is 186 Å². The van der Waals surface area contributed by atoms with Crippen molar-refractivity contribution in [2.75, 3.05) is 0 Å². The highest BCUT2D eigenvalue weighted by Crippen LogP contribution is 2.54. The zero-order valence-electron chi connectivity index (χ0n) is 14.3. The molecule has 0 aliphatic heterocycles. The molecule has 29 heavy (non-hydrogen) atoms. The third-order valence-electron chi connectivity index (χ3n) is 4.42. The van der Waals surface area contributed by atoms with Crippen molar-refractivity contribution in [3.63, 3.8) is 0 Å². The molecule has 0 saturated carbocycles. The van der Waals surface area contributed by atoms with Gasteiger partial charge in [-0.25, -0.2) is 0 Å². The van der Waals surface area contributed by atoms with Gasteiger partial charge in [0.05, 0.1) is 25.7 Å². The fourth-order valence-corrected chi connectivity index (χ4v) is 5.58. The number of rotatable bonds is 4. The van der Waals surface area contributed by atoms with E-state index in [1.165, 1.54) is 30.3 Å². The second kappa shape index (κ2) is 7.87. The number of phenols is 2. The first-order valence-electron chi connectivity index (χ1n) is 7.91. The van der Waals surface area contributed by atoms with Crippen LogP contribution in [0, 0.1) is 0 Å². The molecule has 152 valence electrons. The fourth-order valence-electron chi connectivity index (χ4n) is 3.24. The molecule has 3 rings (SSSR count). The lowest BCUT2D eigenvalue weighted by molar-refractivity contribution is 0.416. The van der Waals surface area contributed by atoms with Gasteiger partial charge in [-0.3, -0.25) is 4.55 Å². The minimum absolute atomic E-state index is 0.0318. The second-order valence-corrected chi connectivity index (χ2v) is 9.15. The van der Waals surface area contributed by atoms with E-state index in [1.807, 2.05) is 0 Å². The van der Waals surface area contributed by atoms with E-state index >= 15 is 0 Å². The van der Waals surface area contributed by atoms with Gasteiger partial charge in [0, 0.05) is 5.56 Å². The predicted molar refractivity (Wildman–Crippen MR) is 114 cm³/mol. The van der Waals surface area contributed by atoms with Crippen LogP contribution in [-0.4, -0.2) is 23.2 Å². The average Bonchev–Trinajstić information content (AvgIpc) is 2.66. The maximum absolute atomic E-state index is 13.0. The predicted octanol–water partition coefficient (Wildman–Crippen LogP) is 5.89. The summed E-state index contributed by atoms with van der Waals surface area (Å²) in [5.41, 5.74) is -0.857. The number of hydrogen-bond acceptors (Lipinski definition) is 4. The van der Waals surface area contributed by atoms with E-state index in [1.54, 1.807) is 6.07 Å². The van der Waals surface area contributed by atoms with E-state index in [0.29, 0.717) is 0 Å². The van der Waals surface area contributed by atoms with Gasteiger partial charge in [0.2, 0.25) is 0 Å². The first-order valence-corrected chi connectivity index (χ1v) is 10.9. The van der Waals surface area contributed by atoms with Crippen molar-refractivity contribution in [1.29, 1.82) is 0 Å². The Kier molecular flexibility index (Phi) is 5.98. The van der Waals surface area contributed by atoms with Gasteiger partial charge in [-0.15, -0.1) is 0 Å². The van der Waals surface area contributed by atoms with Crippen LogP contribution in [0.5, 0.6) is 11.5 Å². The standard InChI is InChI=1S/C19H12Cl4O5S/c20-12-9-11(16(21)18(23)17(12)22)19(29(26,27)28,10-5-2-1-3-6-10)15-13(24)7-4-8-14(15)25/h1-9,24-25H,(H,26,27,28). The van der Waals surface area contributed by atoms with Crippen LogP contribution in [0.3, 0.4) is 0 Å². The van der Waals surface area contributed by atoms with E-state index < -0.39 is 31.9 Å². The molecule has 5 nitrogen and oxygen atoms in total. The van der Waals surface area contributed by atoms with E-state index in [4.69, 9.17) is 46.4 Å². The Hall–Kier alpha value is -1.67. The van der Waals surface area contributed by atoms with Crippen molar-refractivity contribution in [3.05, 3.63) is 91.4 Å². The molecule has 0 heterocycles. The van der Waals surface area contributed by atoms with Gasteiger partial charge in [0.25, 0.3) is 10.1 Å². The second-order valence-electron chi connectivity index (χ2n) is 6.04. The van der Waals surface area contributed by atoms with Gasteiger partial charge >= 0.3 is 0 Å². The number of aromatic hydroxyl groups is 2. The molecule has 0 saturated heterocycles. The van der Waals surface area contributed by atoms with Gasteiger partial charge in [-0.1, -0.05) is 82.8 Å². The van der Waals surface area contributed by atoms with Crippen molar-refractivity contribution in [2.24, 2.45) is 0 Å². The van der Waals surface area contributed by atoms with Crippen molar-refractivity contribution in [2.45, 2.75) is 4.75 Å². The van der Waals surface area contributed by atoms with Crippen molar-refractivity contribution >= 4 is 56.5 Å². The fraction of sp³-hybridized carbons (Fsp3) is 0.0526. The molecule has 3 N–H and O–H groups in total. The van der Waals surface area contributed by atoms with Crippen molar-refractivity contribution in [1.82, 2.24) is 0 Å². The minimum atomic E-state index is -5.16. The first-order chi connectivity index (χ1) is 13.5. The van der Waals surface area contributed by atoms with E-state index in [2.05, 4.69) is 0 Å². The Bertz CT molecular complexity index is 1180. The lowest BCUT2D eigenvalue weighted by Crippen LogP contribution is -2.38. The van der Waals surface area contributed by atoms with Gasteiger partial charge in [-0.2, -0.15) is 8.42 Å². The highest BCUT2D eigenvalue weighted by atomic mass is 35.5. The molecule has 0 bridgehead atoms. The maximum Gasteiger partial charge on any atom is 0.283 e. The Morgan fingerprint density at radius 1 is 0.759 bits per heavy atom. The van der Waals surface area contributed by atoms with Gasteiger partial charge in [-0.05, 0) is 23.8 Å². The summed E-state index contributed by atoms with van der Waals surface area (Å²) in [6, 6.07) is 12.1. The number of phenolic OH excluding ortho intramolecular Hbond substituents is 2. The van der Waals surface area contributed by atoms with Crippen LogP contribution >= 0.6 is 46.4 Å². The molecule has 0 aliphatic carbocycles. The van der Waals surface area contributed by atoms with Crippen molar-refractivity contribution in [3.8, 4) is 11.5 Å². The van der Waals surface area contributed by atoms with Crippen LogP contribution in [0.1, 0.15) is 16.7 Å². The lowest BCUT2D eigenvalue weighted by Gasteiger charge is -2.34. The Morgan fingerprint density at radius 2 is 1.31 bits per heavy atom. The highest BCUT2D eigenvalue weighted by molar-refractivity contribution is 7.87. The van der Waals surface area contributed by atoms with Crippen LogP contribution in [0.2, 0.25) is 20.1 Å². The first kappa shape index (κ1) is 22.0. The summed E-state index contributed by atoms with van der Waals surface area (Å²) in [6.07, 6.45) is 0. The molecule has 0 fully saturated rings. The molecule has 0 aromatic heterocycles. The molecular formula is C19H12Cl4O5S. The topological polar surface area (TPSA) is 94.8 Å². The zero-order chi connectivity index (χ0) is 21.6. The molecular weight excluding hydrogens is 482 g/mol. The van der Waals surface area contributed by atoms with Gasteiger partial charge < -0.3 is 10.2 Å². The molecule has 0 radical (unpaired) electrons. The lowest BCUT2D eigenvalue weighted by atomic mass is 9.83. The summed E-state index contributed by atoms with van der Waals surface area (Å²) in [5, 5.41) is 20.2. The van der Waals surface area contributed by atoms with E-state index in [-0.39, 0.29) is 31.2 Å². The van der Waals surface area contributed by atoms with Crippen LogP contribution in [0.15, 0.2) is 54.6 Å². The van der Waals surface area contributed by atoms with Crippen LogP contribution in [-0.2, 0) is 14.9 Å². The Balaban J connectivity index is 2.67. The third-order valence-corrected chi connectivity index (χ3v) is 7.61. The zero-order valence-corrected chi connectivity index (χ0v) is 18.1. The molecule has 0 spiro atoms. The average molecular weight is 494 g/mol. The summed E-state index contributed by atoms with van der Waals surface area (Å²) in [6.45, 7) is 0. The molecule has 0 aliphatic rings. The summed E-state index contributed by atoms with van der Waals surface area (Å²) in [7, 11) is -5.16. The Morgan fingerprint density at radius 3 is 1.83 bits per heavy atom. The summed E-state index contributed by atoms with van der Waals surface area (Å²) < 4.78 is 33.9. The van der Waals surface area contributed by atoms with Crippen LogP contribution in [0.4, 0.5) is 0 Å². The van der Waals surface area contributed by atoms with E-state index in [0.717, 1.165) is 18.2 Å². The maximum atomic E-state index is 13.0. The summed E-state index contributed by atoms with van der Waals surface area (Å²) in [5.74, 6) is -1.21. The molecule has 10 heteroatoms. The van der Waals surface area contributed by atoms with Gasteiger partial charge in [0.15, 0.2) is 4.75 Å². The smallest absolute Gasteiger partial charge is 0.283 e. The molecule has 3 aromatic carbocycles. The van der Waals surface area contributed by atoms with Crippen molar-refractivity contribution < 1.29 is 23.2 Å². The normalized spacial score (nSPS) is 13.8. The highest BCUT2D eigenvalue weighted by Gasteiger charge is 2.53. The SMILES string of the molecule is O=S(=O)(O)C(c1ccccc1)(c1cc(Cl)c(Cl)c(Cl)c1Cl)c1c(O)cccc1O. The quantitative estimate of drug-likeness (QED) is 0.182. The monoisotopic (exact) mass is 492 g/mol. The van der Waals surface area contributed by atoms with E-state index in [9.17, 15) is 23.2 Å². The minimum Gasteiger partial charge on any atom is -0.507 e. The number of hydrogen-bond donors (Lipinski definition) is 3. The number of halogens is 4. The molecule has 1 unspecified atom stereocenters. The third kappa shape index (κ3) is 3.44. The molecule has 1 atom stereocenters. The summed E-state index contributed by atoms with van der Waals surface area (Å²) in [4.78, 5) is 0. The van der Waals surface area contributed by atoms with Crippen LogP contribution < -0.4 is 0 Å². The molecule has 0 amide bonds. The largest absolute Gasteiger partial charge is 0.507 e. The van der Waals surface area contributed by atoms with Crippen LogP contribution in [0.25, 0.3) is 0 Å².